The van der Waals surface area contributed by atoms with E-state index < -0.39 is 23.6 Å². The van der Waals surface area contributed by atoms with Gasteiger partial charge < -0.3 is 10.6 Å². The van der Waals surface area contributed by atoms with Gasteiger partial charge in [0.05, 0.1) is 10.6 Å². The molecular weight excluding hydrogens is 425 g/mol. The zero-order valence-corrected chi connectivity index (χ0v) is 16.6. The molecule has 152 valence electrons. The summed E-state index contributed by atoms with van der Waals surface area (Å²) < 4.78 is 39.2. The number of nitrogens with two attached hydrogens (primary N) is 1. The van der Waals surface area contributed by atoms with Crippen molar-refractivity contribution in [1.29, 1.82) is 0 Å². The molecule has 3 aromatic rings. The van der Waals surface area contributed by atoms with Crippen LogP contribution in [-0.2, 0) is 17.5 Å². The Labute approximate surface area is 173 Å². The number of primary amides is 1. The maximum atomic E-state index is 13.1. The third-order valence-electron chi connectivity index (χ3n) is 4.28. The SMILES string of the molecule is NC(=O)CCN(Cc1ccccc1)C(=O)c1sc2cc(C(F)(F)F)ccc2c1Cl. The maximum Gasteiger partial charge on any atom is 0.416 e. The Morgan fingerprint density at radius 3 is 2.41 bits per heavy atom. The Hall–Kier alpha value is -2.58. The molecule has 0 atom stereocenters. The number of carbonyl (C=O) groups is 2. The second-order valence-corrected chi connectivity index (χ2v) is 7.81. The van der Waals surface area contributed by atoms with E-state index >= 15 is 0 Å². The summed E-state index contributed by atoms with van der Waals surface area (Å²) in [7, 11) is 0. The van der Waals surface area contributed by atoms with Crippen molar-refractivity contribution in [3.8, 4) is 0 Å². The molecule has 0 aliphatic rings. The molecule has 0 aliphatic heterocycles. The van der Waals surface area contributed by atoms with Gasteiger partial charge in [-0.15, -0.1) is 11.3 Å². The van der Waals surface area contributed by atoms with Gasteiger partial charge in [0.2, 0.25) is 5.91 Å². The molecular formula is C20H16ClF3N2O2S. The van der Waals surface area contributed by atoms with Crippen molar-refractivity contribution in [2.75, 3.05) is 6.54 Å². The highest BCUT2D eigenvalue weighted by molar-refractivity contribution is 7.21. The lowest BCUT2D eigenvalue weighted by molar-refractivity contribution is -0.137. The fourth-order valence-electron chi connectivity index (χ4n) is 2.82. The van der Waals surface area contributed by atoms with E-state index in [1.165, 1.54) is 11.0 Å². The Bertz CT molecular complexity index is 1050. The highest BCUT2D eigenvalue weighted by atomic mass is 35.5. The molecule has 2 N–H and O–H groups in total. The largest absolute Gasteiger partial charge is 0.416 e. The first-order valence-electron chi connectivity index (χ1n) is 8.57. The van der Waals surface area contributed by atoms with Crippen molar-refractivity contribution in [3.63, 3.8) is 0 Å². The van der Waals surface area contributed by atoms with E-state index in [2.05, 4.69) is 0 Å². The first-order chi connectivity index (χ1) is 13.7. The molecule has 2 amide bonds. The molecule has 0 saturated heterocycles. The smallest absolute Gasteiger partial charge is 0.370 e. The number of rotatable bonds is 6. The molecule has 1 aromatic heterocycles. The molecule has 0 spiro atoms. The van der Waals surface area contributed by atoms with Crippen LogP contribution in [0, 0.1) is 0 Å². The Morgan fingerprint density at radius 1 is 1.10 bits per heavy atom. The summed E-state index contributed by atoms with van der Waals surface area (Å²) in [6, 6.07) is 12.3. The fraction of sp³-hybridized carbons (Fsp3) is 0.200. The molecule has 9 heteroatoms. The Morgan fingerprint density at radius 2 is 1.79 bits per heavy atom. The molecule has 0 radical (unpaired) electrons. The monoisotopic (exact) mass is 440 g/mol. The zero-order chi connectivity index (χ0) is 21.2. The van der Waals surface area contributed by atoms with Gasteiger partial charge in [0, 0.05) is 29.6 Å². The summed E-state index contributed by atoms with van der Waals surface area (Å²) in [6.45, 7) is 0.284. The summed E-state index contributed by atoms with van der Waals surface area (Å²) in [4.78, 5) is 25.9. The van der Waals surface area contributed by atoms with Gasteiger partial charge in [-0.1, -0.05) is 48.0 Å². The predicted octanol–water partition coefficient (Wildman–Crippen LogP) is 5.09. The number of amides is 2. The lowest BCUT2D eigenvalue weighted by atomic mass is 10.1. The first kappa shape index (κ1) is 21.1. The summed E-state index contributed by atoms with van der Waals surface area (Å²) in [5, 5.41) is 0.475. The number of hydrogen-bond acceptors (Lipinski definition) is 3. The maximum absolute atomic E-state index is 13.1. The summed E-state index contributed by atoms with van der Waals surface area (Å²) in [5.41, 5.74) is 5.24. The summed E-state index contributed by atoms with van der Waals surface area (Å²) in [5.74, 6) is -1.03. The molecule has 2 aromatic carbocycles. The minimum Gasteiger partial charge on any atom is -0.370 e. The van der Waals surface area contributed by atoms with Crippen molar-refractivity contribution in [2.24, 2.45) is 5.73 Å². The highest BCUT2D eigenvalue weighted by Gasteiger charge is 2.31. The number of fused-ring (bicyclic) bond motifs is 1. The number of halogens is 4. The lowest BCUT2D eigenvalue weighted by Crippen LogP contribution is -2.33. The van der Waals surface area contributed by atoms with Gasteiger partial charge in [0.15, 0.2) is 0 Å². The Kier molecular flexibility index (Phi) is 6.14. The predicted molar refractivity (Wildman–Crippen MR) is 107 cm³/mol. The van der Waals surface area contributed by atoms with Crippen LogP contribution in [0.25, 0.3) is 10.1 Å². The minimum absolute atomic E-state index is 0.0424. The van der Waals surface area contributed by atoms with Crippen LogP contribution in [0.1, 0.15) is 27.2 Å². The molecule has 0 saturated carbocycles. The summed E-state index contributed by atoms with van der Waals surface area (Å²) >= 11 is 7.21. The molecule has 0 fully saturated rings. The highest BCUT2D eigenvalue weighted by Crippen LogP contribution is 2.39. The van der Waals surface area contributed by atoms with Crippen molar-refractivity contribution < 1.29 is 22.8 Å². The van der Waals surface area contributed by atoms with Gasteiger partial charge in [0.1, 0.15) is 4.88 Å². The zero-order valence-electron chi connectivity index (χ0n) is 15.0. The van der Waals surface area contributed by atoms with Gasteiger partial charge in [0.25, 0.3) is 5.91 Å². The first-order valence-corrected chi connectivity index (χ1v) is 9.77. The van der Waals surface area contributed by atoms with Crippen LogP contribution in [-0.4, -0.2) is 23.3 Å². The van der Waals surface area contributed by atoms with Crippen LogP contribution in [0.15, 0.2) is 48.5 Å². The van der Waals surface area contributed by atoms with E-state index in [4.69, 9.17) is 17.3 Å². The minimum atomic E-state index is -4.49. The standard InChI is InChI=1S/C20H16ClF3N2O2S/c21-17-14-7-6-13(20(22,23)24)10-15(14)29-18(17)19(28)26(9-8-16(25)27)11-12-4-2-1-3-5-12/h1-7,10H,8-9,11H2,(H2,25,27). The van der Waals surface area contributed by atoms with E-state index in [0.29, 0.717) is 5.39 Å². The average Bonchev–Trinajstić information content (AvgIpc) is 3.00. The van der Waals surface area contributed by atoms with Crippen molar-refractivity contribution >= 4 is 44.8 Å². The molecule has 0 aliphatic carbocycles. The number of hydrogen-bond donors (Lipinski definition) is 1. The third kappa shape index (κ3) is 4.89. The quantitative estimate of drug-likeness (QED) is 0.580. The normalized spacial score (nSPS) is 11.6. The van der Waals surface area contributed by atoms with E-state index in [-0.39, 0.29) is 34.1 Å². The molecule has 1 heterocycles. The number of nitrogens with zero attached hydrogens (tertiary/aromatic N) is 1. The van der Waals surface area contributed by atoms with Gasteiger partial charge in [-0.3, -0.25) is 9.59 Å². The van der Waals surface area contributed by atoms with E-state index in [1.54, 1.807) is 0 Å². The van der Waals surface area contributed by atoms with Crippen LogP contribution in [0.4, 0.5) is 13.2 Å². The second-order valence-electron chi connectivity index (χ2n) is 6.38. The topological polar surface area (TPSA) is 63.4 Å². The van der Waals surface area contributed by atoms with E-state index in [9.17, 15) is 22.8 Å². The lowest BCUT2D eigenvalue weighted by Gasteiger charge is -2.22. The van der Waals surface area contributed by atoms with E-state index in [1.807, 2.05) is 30.3 Å². The number of alkyl halides is 3. The molecule has 0 unspecified atom stereocenters. The van der Waals surface area contributed by atoms with Crippen molar-refractivity contribution in [1.82, 2.24) is 4.90 Å². The van der Waals surface area contributed by atoms with Crippen molar-refractivity contribution in [2.45, 2.75) is 19.1 Å². The second kappa shape index (κ2) is 8.42. The van der Waals surface area contributed by atoms with Crippen LogP contribution in [0.2, 0.25) is 5.02 Å². The third-order valence-corrected chi connectivity index (χ3v) is 5.93. The fourth-order valence-corrected chi connectivity index (χ4v) is 4.34. The van der Waals surface area contributed by atoms with Gasteiger partial charge >= 0.3 is 6.18 Å². The molecule has 4 nitrogen and oxygen atoms in total. The average molecular weight is 441 g/mol. The Balaban J connectivity index is 1.96. The van der Waals surface area contributed by atoms with Gasteiger partial charge in [-0.25, -0.2) is 0 Å². The number of carbonyl (C=O) groups excluding carboxylic acids is 2. The molecule has 3 rings (SSSR count). The van der Waals surface area contributed by atoms with Crippen LogP contribution < -0.4 is 5.73 Å². The molecule has 0 bridgehead atoms. The van der Waals surface area contributed by atoms with Crippen LogP contribution in [0.5, 0.6) is 0 Å². The van der Waals surface area contributed by atoms with E-state index in [0.717, 1.165) is 29.0 Å². The summed E-state index contributed by atoms with van der Waals surface area (Å²) in [6.07, 6.45) is -4.53. The van der Waals surface area contributed by atoms with Gasteiger partial charge in [-0.2, -0.15) is 13.2 Å². The van der Waals surface area contributed by atoms with Crippen LogP contribution >= 0.6 is 22.9 Å². The van der Waals surface area contributed by atoms with Crippen molar-refractivity contribution in [3.05, 3.63) is 69.6 Å². The number of benzene rings is 2. The van der Waals surface area contributed by atoms with Crippen LogP contribution in [0.3, 0.4) is 0 Å². The van der Waals surface area contributed by atoms with Gasteiger partial charge in [-0.05, 0) is 17.7 Å². The number of thiophene rings is 1. The molecule has 29 heavy (non-hydrogen) atoms.